The fourth-order valence-electron chi connectivity index (χ4n) is 2.88. The van der Waals surface area contributed by atoms with Gasteiger partial charge in [-0.3, -0.25) is 4.57 Å². The summed E-state index contributed by atoms with van der Waals surface area (Å²) in [5.41, 5.74) is 4.39. The normalized spacial score (nSPS) is 10.7. The predicted molar refractivity (Wildman–Crippen MR) is 97.0 cm³/mol. The van der Waals surface area contributed by atoms with Gasteiger partial charge in [0.25, 0.3) is 0 Å². The minimum Gasteiger partial charge on any atom is -0.275 e. The highest BCUT2D eigenvalue weighted by molar-refractivity contribution is 5.67. The molecule has 1 heterocycles. The van der Waals surface area contributed by atoms with Crippen molar-refractivity contribution in [3.8, 4) is 28.5 Å². The zero-order chi connectivity index (χ0) is 16.4. The number of rotatable bonds is 3. The second kappa shape index (κ2) is 6.13. The molecule has 4 rings (SSSR count). The Bertz CT molecular complexity index is 900. The molecule has 3 nitrogen and oxygen atoms in total. The van der Waals surface area contributed by atoms with Crippen molar-refractivity contribution < 1.29 is 0 Å². The maximum Gasteiger partial charge on any atom is 0.168 e. The molecule has 0 bridgehead atoms. The molecule has 4 aromatic rings. The van der Waals surface area contributed by atoms with E-state index in [-0.39, 0.29) is 0 Å². The largest absolute Gasteiger partial charge is 0.275 e. The van der Waals surface area contributed by atoms with Crippen LogP contribution in [0, 0.1) is 6.92 Å². The summed E-state index contributed by atoms with van der Waals surface area (Å²) in [7, 11) is 0. The van der Waals surface area contributed by atoms with E-state index in [1.54, 1.807) is 0 Å². The van der Waals surface area contributed by atoms with E-state index in [1.807, 2.05) is 48.5 Å². The summed E-state index contributed by atoms with van der Waals surface area (Å²) < 4.78 is 2.14. The molecular weight excluding hydrogens is 294 g/mol. The topological polar surface area (TPSA) is 30.7 Å². The minimum absolute atomic E-state index is 0.851. The molecule has 24 heavy (non-hydrogen) atoms. The van der Waals surface area contributed by atoms with Crippen molar-refractivity contribution in [2.24, 2.45) is 0 Å². The Hall–Kier alpha value is -3.20. The van der Waals surface area contributed by atoms with Crippen LogP contribution in [0.1, 0.15) is 5.56 Å². The third-order valence-electron chi connectivity index (χ3n) is 4.08. The van der Waals surface area contributed by atoms with Gasteiger partial charge in [0.2, 0.25) is 0 Å². The fourth-order valence-corrected chi connectivity index (χ4v) is 2.88. The van der Waals surface area contributed by atoms with E-state index in [1.165, 1.54) is 5.56 Å². The van der Waals surface area contributed by atoms with Gasteiger partial charge in [0.1, 0.15) is 0 Å². The summed E-state index contributed by atoms with van der Waals surface area (Å²) in [6.07, 6.45) is 0. The zero-order valence-electron chi connectivity index (χ0n) is 13.4. The number of benzene rings is 3. The predicted octanol–water partition coefficient (Wildman–Crippen LogP) is 4.91. The van der Waals surface area contributed by atoms with Gasteiger partial charge in [-0.25, -0.2) is 0 Å². The van der Waals surface area contributed by atoms with Crippen LogP contribution in [-0.2, 0) is 0 Å². The Balaban J connectivity index is 2.00. The highest BCUT2D eigenvalue weighted by atomic mass is 15.3. The lowest BCUT2D eigenvalue weighted by atomic mass is 10.1. The van der Waals surface area contributed by atoms with Crippen molar-refractivity contribution >= 4 is 0 Å². The molecule has 0 spiro atoms. The molecule has 0 aliphatic heterocycles. The molecule has 0 N–H and O–H groups in total. The van der Waals surface area contributed by atoms with Crippen LogP contribution < -0.4 is 0 Å². The number of para-hydroxylation sites is 1. The lowest BCUT2D eigenvalue weighted by Crippen LogP contribution is -2.02. The van der Waals surface area contributed by atoms with Crippen molar-refractivity contribution in [1.29, 1.82) is 0 Å². The van der Waals surface area contributed by atoms with E-state index in [0.29, 0.717) is 0 Å². The van der Waals surface area contributed by atoms with Crippen LogP contribution in [0.2, 0.25) is 0 Å². The van der Waals surface area contributed by atoms with E-state index in [9.17, 15) is 0 Å². The molecule has 0 aliphatic carbocycles. The number of hydrogen-bond acceptors (Lipinski definition) is 2. The Labute approximate surface area is 141 Å². The zero-order valence-corrected chi connectivity index (χ0v) is 13.4. The molecule has 0 saturated carbocycles. The van der Waals surface area contributed by atoms with Crippen molar-refractivity contribution in [3.05, 3.63) is 90.5 Å². The van der Waals surface area contributed by atoms with Crippen LogP contribution in [0.5, 0.6) is 0 Å². The van der Waals surface area contributed by atoms with Crippen LogP contribution >= 0.6 is 0 Å². The number of hydrogen-bond donors (Lipinski definition) is 0. The highest BCUT2D eigenvalue weighted by Crippen LogP contribution is 2.29. The average molecular weight is 311 g/mol. The second-order valence-corrected chi connectivity index (χ2v) is 5.70. The van der Waals surface area contributed by atoms with E-state index in [4.69, 9.17) is 0 Å². The maximum atomic E-state index is 4.49. The molecule has 116 valence electrons. The molecule has 3 heteroatoms. The fraction of sp³-hybridized carbons (Fsp3) is 0.0476. The van der Waals surface area contributed by atoms with E-state index >= 15 is 0 Å². The maximum absolute atomic E-state index is 4.49. The molecular formula is C21H17N3. The summed E-state index contributed by atoms with van der Waals surface area (Å²) in [5, 5.41) is 8.99. The van der Waals surface area contributed by atoms with Gasteiger partial charge in [-0.15, -0.1) is 10.2 Å². The van der Waals surface area contributed by atoms with Crippen LogP contribution in [0.4, 0.5) is 0 Å². The molecule has 0 unspecified atom stereocenters. The Morgan fingerprint density at radius 2 is 1.04 bits per heavy atom. The number of nitrogens with zero attached hydrogens (tertiary/aromatic N) is 3. The van der Waals surface area contributed by atoms with Crippen molar-refractivity contribution in [3.63, 3.8) is 0 Å². The summed E-state index contributed by atoms with van der Waals surface area (Å²) in [5.74, 6) is 1.70. The quantitative estimate of drug-likeness (QED) is 0.538. The molecule has 0 aliphatic rings. The third-order valence-corrected chi connectivity index (χ3v) is 4.08. The molecule has 0 radical (unpaired) electrons. The first-order valence-corrected chi connectivity index (χ1v) is 7.97. The van der Waals surface area contributed by atoms with Gasteiger partial charge in [-0.1, -0.05) is 78.9 Å². The summed E-state index contributed by atoms with van der Waals surface area (Å²) in [6.45, 7) is 2.11. The van der Waals surface area contributed by atoms with Crippen molar-refractivity contribution in [2.45, 2.75) is 6.92 Å². The van der Waals surface area contributed by atoms with Crippen LogP contribution in [0.25, 0.3) is 28.5 Å². The lowest BCUT2D eigenvalue weighted by molar-refractivity contribution is 1.05. The summed E-state index contributed by atoms with van der Waals surface area (Å²) in [4.78, 5) is 0. The van der Waals surface area contributed by atoms with Gasteiger partial charge < -0.3 is 0 Å². The third kappa shape index (κ3) is 2.50. The number of aromatic nitrogens is 3. The second-order valence-electron chi connectivity index (χ2n) is 5.70. The Morgan fingerprint density at radius 3 is 1.54 bits per heavy atom. The molecule has 1 aromatic heterocycles. The minimum atomic E-state index is 0.851. The molecule has 0 fully saturated rings. The first-order chi connectivity index (χ1) is 11.8. The number of aryl methyl sites for hydroxylation is 1. The highest BCUT2D eigenvalue weighted by Gasteiger charge is 2.17. The summed E-state index contributed by atoms with van der Waals surface area (Å²) >= 11 is 0. The van der Waals surface area contributed by atoms with Crippen LogP contribution in [0.15, 0.2) is 84.9 Å². The van der Waals surface area contributed by atoms with Crippen molar-refractivity contribution in [2.75, 3.05) is 0 Å². The molecule has 0 atom stereocenters. The Morgan fingerprint density at radius 1 is 0.583 bits per heavy atom. The van der Waals surface area contributed by atoms with Crippen LogP contribution in [-0.4, -0.2) is 14.8 Å². The van der Waals surface area contributed by atoms with E-state index < -0.39 is 0 Å². The van der Waals surface area contributed by atoms with Gasteiger partial charge >= 0.3 is 0 Å². The van der Waals surface area contributed by atoms with Crippen LogP contribution in [0.3, 0.4) is 0 Å². The van der Waals surface area contributed by atoms with E-state index in [0.717, 1.165) is 28.5 Å². The molecule has 0 saturated heterocycles. The standard InChI is InChI=1S/C21H17N3/c1-16-10-8-9-15-19(16)24-20(17-11-4-2-5-12-17)22-23-21(24)18-13-6-3-7-14-18/h2-15H,1H3. The molecule has 3 aromatic carbocycles. The lowest BCUT2D eigenvalue weighted by Gasteiger charge is -2.13. The van der Waals surface area contributed by atoms with Gasteiger partial charge in [0, 0.05) is 11.1 Å². The van der Waals surface area contributed by atoms with E-state index in [2.05, 4.69) is 58.1 Å². The smallest absolute Gasteiger partial charge is 0.168 e. The first-order valence-electron chi connectivity index (χ1n) is 7.97. The van der Waals surface area contributed by atoms with Gasteiger partial charge in [0.05, 0.1) is 5.69 Å². The van der Waals surface area contributed by atoms with Gasteiger partial charge in [-0.05, 0) is 18.6 Å². The SMILES string of the molecule is Cc1ccccc1-n1c(-c2ccccc2)nnc1-c1ccccc1. The molecule has 0 amide bonds. The average Bonchev–Trinajstić information content (AvgIpc) is 3.08. The van der Waals surface area contributed by atoms with Crippen molar-refractivity contribution in [1.82, 2.24) is 14.8 Å². The summed E-state index contributed by atoms with van der Waals surface area (Å²) in [6, 6.07) is 28.7. The monoisotopic (exact) mass is 311 g/mol. The van der Waals surface area contributed by atoms with Gasteiger partial charge in [-0.2, -0.15) is 0 Å². The Kier molecular flexibility index (Phi) is 3.67. The first kappa shape index (κ1) is 14.4. The van der Waals surface area contributed by atoms with Gasteiger partial charge in [0.15, 0.2) is 11.6 Å².